The van der Waals surface area contributed by atoms with Crippen molar-refractivity contribution in [2.75, 3.05) is 13.1 Å². The first-order valence-corrected chi connectivity index (χ1v) is 7.97. The standard InChI is InChI=1S/C18H20N4O2/c1-18(2)6-14(13(8-19)9-20)15(10-21)16(7-18)22-5-3-4-12(11-22)17(23)24/h12H,3-7,11H2,1-2H3,(H,23,24). The summed E-state index contributed by atoms with van der Waals surface area (Å²) < 4.78 is 0. The van der Waals surface area contributed by atoms with Crippen molar-refractivity contribution < 1.29 is 9.90 Å². The van der Waals surface area contributed by atoms with Crippen molar-refractivity contribution in [3.63, 3.8) is 0 Å². The fourth-order valence-corrected chi connectivity index (χ4v) is 3.54. The molecule has 0 aromatic heterocycles. The second kappa shape index (κ2) is 6.77. The summed E-state index contributed by atoms with van der Waals surface area (Å²) in [5.41, 5.74) is 1.42. The van der Waals surface area contributed by atoms with Crippen molar-refractivity contribution in [2.24, 2.45) is 11.3 Å². The summed E-state index contributed by atoms with van der Waals surface area (Å²) in [6.07, 6.45) is 2.51. The molecular weight excluding hydrogens is 304 g/mol. The topological polar surface area (TPSA) is 112 Å². The van der Waals surface area contributed by atoms with Crippen molar-refractivity contribution in [1.29, 1.82) is 15.8 Å². The molecule has 2 rings (SSSR count). The molecule has 0 spiro atoms. The molecule has 1 unspecified atom stereocenters. The average Bonchev–Trinajstić information content (AvgIpc) is 2.55. The van der Waals surface area contributed by atoms with Crippen LogP contribution in [-0.2, 0) is 4.79 Å². The monoisotopic (exact) mass is 324 g/mol. The molecule has 0 amide bonds. The zero-order chi connectivity index (χ0) is 17.9. The molecule has 1 N–H and O–H groups in total. The molecule has 0 aromatic carbocycles. The molecule has 0 radical (unpaired) electrons. The van der Waals surface area contributed by atoms with Crippen LogP contribution in [0.2, 0.25) is 0 Å². The first-order chi connectivity index (χ1) is 11.3. The van der Waals surface area contributed by atoms with Crippen molar-refractivity contribution in [3.05, 3.63) is 22.4 Å². The third-order valence-corrected chi connectivity index (χ3v) is 4.68. The maximum Gasteiger partial charge on any atom is 0.308 e. The maximum absolute atomic E-state index is 11.3. The normalized spacial score (nSPS) is 23.0. The van der Waals surface area contributed by atoms with Gasteiger partial charge < -0.3 is 10.0 Å². The van der Waals surface area contributed by atoms with E-state index in [2.05, 4.69) is 6.07 Å². The predicted octanol–water partition coefficient (Wildman–Crippen LogP) is 2.72. The number of hydrogen-bond acceptors (Lipinski definition) is 5. The number of aliphatic carboxylic acids is 1. The maximum atomic E-state index is 11.3. The number of nitrogens with zero attached hydrogens (tertiary/aromatic N) is 4. The van der Waals surface area contributed by atoms with E-state index in [-0.39, 0.29) is 11.0 Å². The van der Waals surface area contributed by atoms with Crippen LogP contribution in [0.15, 0.2) is 22.4 Å². The highest BCUT2D eigenvalue weighted by Gasteiger charge is 2.37. The largest absolute Gasteiger partial charge is 0.481 e. The molecule has 1 atom stereocenters. The molecule has 2 aliphatic rings. The van der Waals surface area contributed by atoms with E-state index in [1.807, 2.05) is 30.9 Å². The third kappa shape index (κ3) is 3.42. The molecule has 124 valence electrons. The number of likely N-dealkylation sites (tertiary alicyclic amines) is 1. The van der Waals surface area contributed by atoms with E-state index in [0.717, 1.165) is 12.1 Å². The van der Waals surface area contributed by atoms with Gasteiger partial charge in [0.1, 0.15) is 23.8 Å². The van der Waals surface area contributed by atoms with Crippen LogP contribution in [0, 0.1) is 45.3 Å². The number of rotatable bonds is 2. The van der Waals surface area contributed by atoms with Gasteiger partial charge in [0.2, 0.25) is 0 Å². The Labute approximate surface area is 141 Å². The minimum atomic E-state index is -0.820. The highest BCUT2D eigenvalue weighted by molar-refractivity contribution is 5.70. The van der Waals surface area contributed by atoms with Crippen LogP contribution in [0.25, 0.3) is 0 Å². The number of carbonyl (C=O) groups is 1. The highest BCUT2D eigenvalue weighted by Crippen LogP contribution is 2.44. The summed E-state index contributed by atoms with van der Waals surface area (Å²) in [5, 5.41) is 37.4. The Kier molecular flexibility index (Phi) is 4.96. The first-order valence-electron chi connectivity index (χ1n) is 7.97. The van der Waals surface area contributed by atoms with Gasteiger partial charge in [0.05, 0.1) is 11.5 Å². The minimum Gasteiger partial charge on any atom is -0.481 e. The molecular formula is C18H20N4O2. The minimum absolute atomic E-state index is 0.0244. The Morgan fingerprint density at radius 2 is 1.92 bits per heavy atom. The van der Waals surface area contributed by atoms with Crippen LogP contribution in [-0.4, -0.2) is 29.1 Å². The smallest absolute Gasteiger partial charge is 0.308 e. The van der Waals surface area contributed by atoms with E-state index in [9.17, 15) is 25.7 Å². The van der Waals surface area contributed by atoms with E-state index in [0.29, 0.717) is 43.5 Å². The number of carboxylic acid groups (broad SMARTS) is 1. The SMILES string of the molecule is CC1(C)CC(=C(C#N)C#N)C(C#N)=C(N2CCCC(C(=O)O)C2)C1. The van der Waals surface area contributed by atoms with Crippen LogP contribution in [0.5, 0.6) is 0 Å². The zero-order valence-corrected chi connectivity index (χ0v) is 14.0. The fraction of sp³-hybridized carbons (Fsp3) is 0.556. The lowest BCUT2D eigenvalue weighted by molar-refractivity contribution is -0.143. The molecule has 6 nitrogen and oxygen atoms in total. The lowest BCUT2D eigenvalue weighted by Crippen LogP contribution is -2.40. The number of carboxylic acids is 1. The van der Waals surface area contributed by atoms with Gasteiger partial charge in [0, 0.05) is 24.4 Å². The van der Waals surface area contributed by atoms with Crippen LogP contribution < -0.4 is 0 Å². The second-order valence-electron chi connectivity index (χ2n) is 7.15. The Hall–Kier alpha value is -2.78. The van der Waals surface area contributed by atoms with E-state index in [1.165, 1.54) is 0 Å². The van der Waals surface area contributed by atoms with Crippen LogP contribution >= 0.6 is 0 Å². The predicted molar refractivity (Wildman–Crippen MR) is 85.8 cm³/mol. The van der Waals surface area contributed by atoms with Gasteiger partial charge in [0.15, 0.2) is 0 Å². The Morgan fingerprint density at radius 3 is 2.46 bits per heavy atom. The van der Waals surface area contributed by atoms with Crippen LogP contribution in [0.1, 0.15) is 39.5 Å². The third-order valence-electron chi connectivity index (χ3n) is 4.68. The molecule has 0 saturated carbocycles. The number of nitriles is 3. The molecule has 6 heteroatoms. The molecule has 0 bridgehead atoms. The Bertz CT molecular complexity index is 724. The summed E-state index contributed by atoms with van der Waals surface area (Å²) in [7, 11) is 0. The summed E-state index contributed by atoms with van der Waals surface area (Å²) >= 11 is 0. The van der Waals surface area contributed by atoms with E-state index in [4.69, 9.17) is 0 Å². The zero-order valence-electron chi connectivity index (χ0n) is 14.0. The fourth-order valence-electron chi connectivity index (χ4n) is 3.54. The molecule has 24 heavy (non-hydrogen) atoms. The summed E-state index contributed by atoms with van der Waals surface area (Å²) in [4.78, 5) is 13.3. The van der Waals surface area contributed by atoms with Gasteiger partial charge in [-0.25, -0.2) is 0 Å². The van der Waals surface area contributed by atoms with E-state index < -0.39 is 11.9 Å². The van der Waals surface area contributed by atoms with Gasteiger partial charge in [-0.1, -0.05) is 13.8 Å². The molecule has 1 aliphatic heterocycles. The Balaban J connectivity index is 2.54. The summed E-state index contributed by atoms with van der Waals surface area (Å²) in [6, 6.07) is 5.95. The number of hydrogen-bond donors (Lipinski definition) is 1. The first kappa shape index (κ1) is 17.6. The van der Waals surface area contributed by atoms with Crippen molar-refractivity contribution in [2.45, 2.75) is 39.5 Å². The molecule has 1 heterocycles. The van der Waals surface area contributed by atoms with Gasteiger partial charge in [-0.15, -0.1) is 0 Å². The van der Waals surface area contributed by atoms with Gasteiger partial charge in [0.25, 0.3) is 0 Å². The van der Waals surface area contributed by atoms with E-state index in [1.54, 1.807) is 0 Å². The lowest BCUT2D eigenvalue weighted by Gasteiger charge is -2.41. The molecule has 1 aliphatic carbocycles. The number of allylic oxidation sites excluding steroid dienone is 4. The van der Waals surface area contributed by atoms with Gasteiger partial charge >= 0.3 is 5.97 Å². The van der Waals surface area contributed by atoms with E-state index >= 15 is 0 Å². The summed E-state index contributed by atoms with van der Waals surface area (Å²) in [6.45, 7) is 5.13. The highest BCUT2D eigenvalue weighted by atomic mass is 16.4. The molecule has 1 saturated heterocycles. The van der Waals surface area contributed by atoms with Gasteiger partial charge in [-0.05, 0) is 31.1 Å². The van der Waals surface area contributed by atoms with Crippen molar-refractivity contribution in [3.8, 4) is 18.2 Å². The summed E-state index contributed by atoms with van der Waals surface area (Å²) in [5.74, 6) is -1.27. The Morgan fingerprint density at radius 1 is 1.25 bits per heavy atom. The molecule has 0 aromatic rings. The van der Waals surface area contributed by atoms with Crippen molar-refractivity contribution in [1.82, 2.24) is 4.90 Å². The average molecular weight is 324 g/mol. The van der Waals surface area contributed by atoms with Crippen molar-refractivity contribution >= 4 is 5.97 Å². The molecule has 1 fully saturated rings. The van der Waals surface area contributed by atoms with Gasteiger partial charge in [-0.3, -0.25) is 4.79 Å². The number of piperidine rings is 1. The van der Waals surface area contributed by atoms with Crippen LogP contribution in [0.4, 0.5) is 0 Å². The lowest BCUT2D eigenvalue weighted by atomic mass is 9.72. The second-order valence-corrected chi connectivity index (χ2v) is 7.15. The van der Waals surface area contributed by atoms with Gasteiger partial charge in [-0.2, -0.15) is 15.8 Å². The van der Waals surface area contributed by atoms with Crippen LogP contribution in [0.3, 0.4) is 0 Å². The quantitative estimate of drug-likeness (QED) is 0.782.